The Morgan fingerprint density at radius 3 is 2.60 bits per heavy atom. The van der Waals surface area contributed by atoms with Crippen LogP contribution in [0, 0.1) is 5.92 Å². The molecule has 0 radical (unpaired) electrons. The van der Waals surface area contributed by atoms with Crippen LogP contribution in [0.2, 0.25) is 0 Å². The lowest BCUT2D eigenvalue weighted by molar-refractivity contribution is 0.0696. The third-order valence-electron chi connectivity index (χ3n) is 3.31. The zero-order valence-corrected chi connectivity index (χ0v) is 12.2. The van der Waals surface area contributed by atoms with Crippen molar-refractivity contribution in [2.75, 3.05) is 20.7 Å². The topological polar surface area (TPSA) is 83.9 Å². The van der Waals surface area contributed by atoms with Gasteiger partial charge in [0.25, 0.3) is 0 Å². The molecule has 1 aromatic rings. The summed E-state index contributed by atoms with van der Waals surface area (Å²) >= 11 is 0. The van der Waals surface area contributed by atoms with Gasteiger partial charge in [-0.15, -0.1) is 0 Å². The smallest absolute Gasteiger partial charge is 0.335 e. The Morgan fingerprint density at radius 2 is 2.10 bits per heavy atom. The normalized spacial score (nSPS) is 15.3. The first-order valence-corrected chi connectivity index (χ1v) is 7.68. The SMILES string of the molecule is COc1ccc(C(=O)O)cc1S(=O)(=O)N(C)CC1CC1. The van der Waals surface area contributed by atoms with E-state index in [-0.39, 0.29) is 16.2 Å². The maximum atomic E-state index is 12.5. The van der Waals surface area contributed by atoms with E-state index >= 15 is 0 Å². The number of hydrogen-bond acceptors (Lipinski definition) is 4. The summed E-state index contributed by atoms with van der Waals surface area (Å²) in [6, 6.07) is 3.82. The zero-order chi connectivity index (χ0) is 14.9. The van der Waals surface area contributed by atoms with Crippen LogP contribution in [0.4, 0.5) is 0 Å². The van der Waals surface area contributed by atoms with Crippen LogP contribution >= 0.6 is 0 Å². The van der Waals surface area contributed by atoms with Gasteiger partial charge in [-0.2, -0.15) is 0 Å². The first kappa shape index (κ1) is 14.8. The van der Waals surface area contributed by atoms with Gasteiger partial charge in [-0.05, 0) is 37.0 Å². The summed E-state index contributed by atoms with van der Waals surface area (Å²) in [5, 5.41) is 8.98. The van der Waals surface area contributed by atoms with Gasteiger partial charge < -0.3 is 9.84 Å². The van der Waals surface area contributed by atoms with E-state index in [9.17, 15) is 13.2 Å². The third kappa shape index (κ3) is 2.94. The molecule has 2 rings (SSSR count). The summed E-state index contributed by atoms with van der Waals surface area (Å²) in [6.07, 6.45) is 2.07. The first-order chi connectivity index (χ1) is 9.36. The molecule has 0 heterocycles. The van der Waals surface area contributed by atoms with Gasteiger partial charge >= 0.3 is 5.97 Å². The van der Waals surface area contributed by atoms with E-state index in [2.05, 4.69) is 0 Å². The van der Waals surface area contributed by atoms with Crippen LogP contribution < -0.4 is 4.74 Å². The molecule has 0 saturated heterocycles. The highest BCUT2D eigenvalue weighted by Gasteiger charge is 2.31. The Hall–Kier alpha value is -1.60. The molecular weight excluding hydrogens is 282 g/mol. The number of rotatable bonds is 6. The van der Waals surface area contributed by atoms with E-state index in [0.717, 1.165) is 18.9 Å². The minimum Gasteiger partial charge on any atom is -0.495 e. The molecule has 1 aromatic carbocycles. The molecule has 0 unspecified atom stereocenters. The lowest BCUT2D eigenvalue weighted by atomic mass is 10.2. The zero-order valence-electron chi connectivity index (χ0n) is 11.4. The maximum absolute atomic E-state index is 12.5. The monoisotopic (exact) mass is 299 g/mol. The summed E-state index contributed by atoms with van der Waals surface area (Å²) < 4.78 is 31.3. The molecule has 110 valence electrons. The summed E-state index contributed by atoms with van der Waals surface area (Å²) in [5.74, 6) is -0.616. The van der Waals surface area contributed by atoms with Crippen molar-refractivity contribution in [2.45, 2.75) is 17.7 Å². The van der Waals surface area contributed by atoms with E-state index in [0.29, 0.717) is 12.5 Å². The molecule has 1 N–H and O–H groups in total. The molecule has 0 aromatic heterocycles. The Bertz CT molecular complexity index is 622. The molecule has 20 heavy (non-hydrogen) atoms. The molecule has 1 saturated carbocycles. The fraction of sp³-hybridized carbons (Fsp3) is 0.462. The predicted octanol–water partition coefficient (Wildman–Crippen LogP) is 1.42. The number of nitrogens with zero attached hydrogens (tertiary/aromatic N) is 1. The van der Waals surface area contributed by atoms with Crippen molar-refractivity contribution in [1.82, 2.24) is 4.31 Å². The minimum atomic E-state index is -3.75. The van der Waals surface area contributed by atoms with Crippen molar-refractivity contribution in [3.8, 4) is 5.75 Å². The highest BCUT2D eigenvalue weighted by molar-refractivity contribution is 7.89. The number of hydrogen-bond donors (Lipinski definition) is 1. The molecule has 0 aliphatic heterocycles. The van der Waals surface area contributed by atoms with Gasteiger partial charge in [0.1, 0.15) is 10.6 Å². The van der Waals surface area contributed by atoms with Gasteiger partial charge in [0.2, 0.25) is 10.0 Å². The quantitative estimate of drug-likeness (QED) is 0.859. The molecule has 0 atom stereocenters. The van der Waals surface area contributed by atoms with E-state index in [1.807, 2.05) is 0 Å². The Morgan fingerprint density at radius 1 is 1.45 bits per heavy atom. The van der Waals surface area contributed by atoms with Gasteiger partial charge in [0, 0.05) is 13.6 Å². The van der Waals surface area contributed by atoms with Crippen LogP contribution in [-0.4, -0.2) is 44.5 Å². The molecular formula is C13H17NO5S. The average molecular weight is 299 g/mol. The standard InChI is InChI=1S/C13H17NO5S/c1-14(8-9-3-4-9)20(17,18)12-7-10(13(15)16)5-6-11(12)19-2/h5-7,9H,3-4,8H2,1-2H3,(H,15,16). The summed E-state index contributed by atoms with van der Waals surface area (Å²) in [7, 11) is -0.890. The molecule has 1 aliphatic carbocycles. The van der Waals surface area contributed by atoms with Crippen LogP contribution in [0.5, 0.6) is 5.75 Å². The highest BCUT2D eigenvalue weighted by atomic mass is 32.2. The van der Waals surface area contributed by atoms with Crippen LogP contribution in [0.3, 0.4) is 0 Å². The molecule has 7 heteroatoms. The average Bonchev–Trinajstić information content (AvgIpc) is 3.21. The highest BCUT2D eigenvalue weighted by Crippen LogP contribution is 2.33. The Labute approximate surface area is 118 Å². The second-order valence-corrected chi connectivity index (χ2v) is 6.91. The molecule has 0 bridgehead atoms. The second kappa shape index (κ2) is 5.41. The van der Waals surface area contributed by atoms with Crippen molar-refractivity contribution in [2.24, 2.45) is 5.92 Å². The summed E-state index contributed by atoms with van der Waals surface area (Å²) in [5.41, 5.74) is -0.0794. The number of carboxylic acid groups (broad SMARTS) is 1. The van der Waals surface area contributed by atoms with Crippen molar-refractivity contribution >= 4 is 16.0 Å². The molecule has 0 spiro atoms. The number of aromatic carboxylic acids is 1. The lowest BCUT2D eigenvalue weighted by Gasteiger charge is -2.18. The van der Waals surface area contributed by atoms with Crippen LogP contribution in [0.25, 0.3) is 0 Å². The number of carboxylic acids is 1. The van der Waals surface area contributed by atoms with Crippen molar-refractivity contribution < 1.29 is 23.1 Å². The third-order valence-corrected chi connectivity index (χ3v) is 5.16. The van der Waals surface area contributed by atoms with Crippen LogP contribution in [0.15, 0.2) is 23.1 Å². The molecule has 1 fully saturated rings. The van der Waals surface area contributed by atoms with Gasteiger partial charge in [0.05, 0.1) is 12.7 Å². The van der Waals surface area contributed by atoms with E-state index < -0.39 is 16.0 Å². The van der Waals surface area contributed by atoms with Crippen molar-refractivity contribution in [3.05, 3.63) is 23.8 Å². The minimum absolute atomic E-state index is 0.0794. The van der Waals surface area contributed by atoms with E-state index in [1.54, 1.807) is 0 Å². The number of benzene rings is 1. The fourth-order valence-corrected chi connectivity index (χ4v) is 3.37. The van der Waals surface area contributed by atoms with Gasteiger partial charge in [0.15, 0.2) is 0 Å². The van der Waals surface area contributed by atoms with Crippen molar-refractivity contribution in [3.63, 3.8) is 0 Å². The van der Waals surface area contributed by atoms with Crippen LogP contribution in [0.1, 0.15) is 23.2 Å². The first-order valence-electron chi connectivity index (χ1n) is 6.24. The largest absolute Gasteiger partial charge is 0.495 e. The van der Waals surface area contributed by atoms with Crippen molar-refractivity contribution in [1.29, 1.82) is 0 Å². The molecule has 6 nitrogen and oxygen atoms in total. The maximum Gasteiger partial charge on any atom is 0.335 e. The Kier molecular flexibility index (Phi) is 4.01. The predicted molar refractivity (Wildman–Crippen MR) is 72.5 cm³/mol. The van der Waals surface area contributed by atoms with Crippen LogP contribution in [-0.2, 0) is 10.0 Å². The van der Waals surface area contributed by atoms with E-state index in [4.69, 9.17) is 9.84 Å². The number of methoxy groups -OCH3 is 1. The Balaban J connectivity index is 2.42. The van der Waals surface area contributed by atoms with Gasteiger partial charge in [-0.25, -0.2) is 17.5 Å². The van der Waals surface area contributed by atoms with E-state index in [1.165, 1.54) is 30.6 Å². The number of carbonyl (C=O) groups is 1. The van der Waals surface area contributed by atoms with Gasteiger partial charge in [-0.3, -0.25) is 0 Å². The van der Waals surface area contributed by atoms with Gasteiger partial charge in [-0.1, -0.05) is 0 Å². The number of ether oxygens (including phenoxy) is 1. The fourth-order valence-electron chi connectivity index (χ4n) is 1.94. The summed E-state index contributed by atoms with van der Waals surface area (Å²) in [4.78, 5) is 10.9. The second-order valence-electron chi connectivity index (χ2n) is 4.90. The molecule has 0 amide bonds. The molecule has 1 aliphatic rings. The lowest BCUT2D eigenvalue weighted by Crippen LogP contribution is -2.29. The number of sulfonamides is 1. The summed E-state index contributed by atoms with van der Waals surface area (Å²) in [6.45, 7) is 0.447.